The van der Waals surface area contributed by atoms with Crippen molar-refractivity contribution in [2.24, 2.45) is 22.7 Å². The molecule has 3 aliphatic carbocycles. The third kappa shape index (κ3) is 3.02. The number of rotatable bonds is 5. The summed E-state index contributed by atoms with van der Waals surface area (Å²) in [6.45, 7) is 3.99. The lowest BCUT2D eigenvalue weighted by Gasteiger charge is -2.59. The summed E-state index contributed by atoms with van der Waals surface area (Å²) in [4.78, 5) is 37.9. The second-order valence-corrected chi connectivity index (χ2v) is 10.9. The first-order valence-electron chi connectivity index (χ1n) is 11.8. The Morgan fingerprint density at radius 1 is 1.26 bits per heavy atom. The van der Waals surface area contributed by atoms with E-state index in [2.05, 4.69) is 17.0 Å². The number of phenols is 2. The van der Waals surface area contributed by atoms with Crippen molar-refractivity contribution in [3.05, 3.63) is 17.7 Å². The van der Waals surface area contributed by atoms with Crippen molar-refractivity contribution >= 4 is 23.3 Å². The molecule has 7 atom stereocenters. The van der Waals surface area contributed by atoms with E-state index in [0.717, 1.165) is 26.4 Å². The van der Waals surface area contributed by atoms with E-state index in [1.54, 1.807) is 0 Å². The number of ketones is 1. The number of carbonyl (C=O) groups is 3. The van der Waals surface area contributed by atoms with Crippen LogP contribution in [0.2, 0.25) is 0 Å². The Morgan fingerprint density at radius 2 is 2.00 bits per heavy atom. The van der Waals surface area contributed by atoms with Gasteiger partial charge in [0.2, 0.25) is 5.91 Å². The highest BCUT2D eigenvalue weighted by Gasteiger charge is 2.75. The minimum atomic E-state index is -0.837. The quantitative estimate of drug-likeness (QED) is 0.377. The maximum Gasteiger partial charge on any atom is 0.341 e. The van der Waals surface area contributed by atoms with Crippen LogP contribution in [-0.4, -0.2) is 57.9 Å². The Bertz CT molecular complexity index is 1090. The zero-order valence-corrected chi connectivity index (χ0v) is 19.6. The highest BCUT2D eigenvalue weighted by Crippen LogP contribution is 2.73. The summed E-state index contributed by atoms with van der Waals surface area (Å²) in [5.74, 6) is -2.15. The van der Waals surface area contributed by atoms with Crippen LogP contribution in [0.5, 0.6) is 11.5 Å². The van der Waals surface area contributed by atoms with Gasteiger partial charge in [0.1, 0.15) is 22.8 Å². The molecule has 1 unspecified atom stereocenters. The normalized spacial score (nSPS) is 39.7. The minimum absolute atomic E-state index is 0.0420. The first-order chi connectivity index (χ1) is 15.9. The molecule has 2 saturated heterocycles. The molecule has 5 aliphatic rings. The van der Waals surface area contributed by atoms with Crippen LogP contribution < -0.4 is 5.32 Å². The van der Waals surface area contributed by atoms with Gasteiger partial charge in [-0.05, 0) is 50.7 Å². The van der Waals surface area contributed by atoms with E-state index in [1.807, 2.05) is 6.92 Å². The molecule has 4 bridgehead atoms. The zero-order chi connectivity index (χ0) is 24.6. The first-order valence-corrected chi connectivity index (χ1v) is 11.8. The molecule has 5 fully saturated rings. The lowest BCUT2D eigenvalue weighted by molar-refractivity contribution is -0.218. The number of anilines is 1. The highest BCUT2D eigenvalue weighted by molar-refractivity contribution is 6.00. The minimum Gasteiger partial charge on any atom is -0.506 e. The average molecular weight is 474 g/mol. The number of aliphatic hydroxyl groups excluding tert-OH is 1. The summed E-state index contributed by atoms with van der Waals surface area (Å²) < 4.78 is 11.0. The van der Waals surface area contributed by atoms with Gasteiger partial charge in [-0.1, -0.05) is 6.92 Å². The second kappa shape index (κ2) is 7.42. The number of carbonyl (C=O) groups excluding carboxylic acids is 3. The van der Waals surface area contributed by atoms with Gasteiger partial charge in [-0.3, -0.25) is 9.59 Å². The maximum absolute atomic E-state index is 13.2. The number of Topliss-reactive ketones (excluding diaryl/α,β-unsaturated/α-hetero) is 1. The van der Waals surface area contributed by atoms with Gasteiger partial charge >= 0.3 is 5.97 Å². The summed E-state index contributed by atoms with van der Waals surface area (Å²) in [5, 5.41) is 34.0. The molecule has 184 valence electrons. The second-order valence-electron chi connectivity index (χ2n) is 10.9. The molecule has 3 saturated carbocycles. The SMILES string of the molecule is COC(=O)c1ccc(O)c(NC(=O)CC[C@]2(C)C(=O)C[C@@H](O)[C@]34C[C@@H]5C[C@H](O[C@@]5(C)C3)C42)c1O. The molecular weight excluding hydrogens is 442 g/mol. The molecule has 4 N–H and O–H groups in total. The van der Waals surface area contributed by atoms with Gasteiger partial charge in [-0.25, -0.2) is 4.79 Å². The fourth-order valence-corrected chi connectivity index (χ4v) is 7.64. The van der Waals surface area contributed by atoms with Crippen molar-refractivity contribution < 1.29 is 39.2 Å². The number of aliphatic hydroxyl groups is 1. The third-order valence-electron chi connectivity index (χ3n) is 9.16. The smallest absolute Gasteiger partial charge is 0.341 e. The van der Waals surface area contributed by atoms with Crippen LogP contribution in [0.4, 0.5) is 5.69 Å². The molecule has 1 amide bonds. The van der Waals surface area contributed by atoms with E-state index in [-0.39, 0.29) is 59.3 Å². The Hall–Kier alpha value is -2.65. The van der Waals surface area contributed by atoms with Crippen molar-refractivity contribution in [2.75, 3.05) is 12.4 Å². The predicted octanol–water partition coefficient (Wildman–Crippen LogP) is 2.52. The largest absolute Gasteiger partial charge is 0.506 e. The van der Waals surface area contributed by atoms with Crippen molar-refractivity contribution in [2.45, 2.75) is 70.2 Å². The predicted molar refractivity (Wildman–Crippen MR) is 119 cm³/mol. The Morgan fingerprint density at radius 3 is 2.68 bits per heavy atom. The number of methoxy groups -OCH3 is 1. The number of hydrogen-bond donors (Lipinski definition) is 4. The van der Waals surface area contributed by atoms with Gasteiger partial charge in [0, 0.05) is 29.6 Å². The molecule has 6 rings (SSSR count). The molecule has 9 nitrogen and oxygen atoms in total. The van der Waals surface area contributed by atoms with Gasteiger partial charge in [-0.15, -0.1) is 0 Å². The number of phenolic OH excluding ortho intramolecular Hbond substituents is 2. The Balaban J connectivity index is 1.36. The summed E-state index contributed by atoms with van der Waals surface area (Å²) >= 11 is 0. The average Bonchev–Trinajstić information content (AvgIpc) is 3.15. The summed E-state index contributed by atoms with van der Waals surface area (Å²) in [7, 11) is 1.16. The number of nitrogens with one attached hydrogen (secondary N) is 1. The number of hydrogen-bond acceptors (Lipinski definition) is 8. The highest BCUT2D eigenvalue weighted by atomic mass is 16.5. The molecule has 1 aromatic rings. The van der Waals surface area contributed by atoms with Crippen LogP contribution in [0.3, 0.4) is 0 Å². The fourth-order valence-electron chi connectivity index (χ4n) is 7.64. The first kappa shape index (κ1) is 23.1. The van der Waals surface area contributed by atoms with Crippen LogP contribution >= 0.6 is 0 Å². The van der Waals surface area contributed by atoms with E-state index in [1.165, 1.54) is 12.1 Å². The lowest BCUT2D eigenvalue weighted by Crippen LogP contribution is -2.63. The van der Waals surface area contributed by atoms with Crippen LogP contribution in [-0.2, 0) is 19.1 Å². The summed E-state index contributed by atoms with van der Waals surface area (Å²) in [6.07, 6.45) is 1.90. The number of benzene rings is 1. The van der Waals surface area contributed by atoms with E-state index >= 15 is 0 Å². The number of ether oxygens (including phenoxy) is 2. The molecule has 1 aromatic carbocycles. The van der Waals surface area contributed by atoms with Crippen LogP contribution in [0.25, 0.3) is 0 Å². The van der Waals surface area contributed by atoms with E-state index in [9.17, 15) is 29.7 Å². The number of esters is 1. The van der Waals surface area contributed by atoms with E-state index < -0.39 is 34.9 Å². The molecular formula is C25H31NO8. The fraction of sp³-hybridized carbons (Fsp3) is 0.640. The molecule has 0 aromatic heterocycles. The van der Waals surface area contributed by atoms with Crippen LogP contribution in [0, 0.1) is 22.7 Å². The van der Waals surface area contributed by atoms with Gasteiger partial charge in [-0.2, -0.15) is 0 Å². The molecule has 2 aliphatic heterocycles. The number of amides is 1. The molecule has 1 spiro atoms. The third-order valence-corrected chi connectivity index (χ3v) is 9.16. The van der Waals surface area contributed by atoms with Crippen molar-refractivity contribution in [3.8, 4) is 11.5 Å². The topological polar surface area (TPSA) is 142 Å². The standard InChI is InChI=1S/C25H31NO8/c1-23(7-6-18(30)26-19-14(27)5-4-13(20(19)31)22(32)33-3)16(28)9-17(29)25-10-12-8-15(21(23)25)34-24(12,2)11-25/h4-5,12,15,17,21,27,29,31H,6-11H2,1-3H3,(H,26,30)/t12-,15-,17+,21?,23+,24-,25-/m0/s1. The summed E-state index contributed by atoms with van der Waals surface area (Å²) in [6, 6.07) is 2.38. The molecule has 0 radical (unpaired) electrons. The van der Waals surface area contributed by atoms with Gasteiger partial charge < -0.3 is 30.1 Å². The van der Waals surface area contributed by atoms with Crippen molar-refractivity contribution in [1.82, 2.24) is 0 Å². The molecule has 2 heterocycles. The Labute approximate surface area is 197 Å². The molecule has 9 heteroatoms. The lowest BCUT2D eigenvalue weighted by atomic mass is 9.47. The van der Waals surface area contributed by atoms with Gasteiger partial charge in [0.05, 0.1) is 24.9 Å². The number of aromatic hydroxyl groups is 2. The Kier molecular flexibility index (Phi) is 5.04. The summed E-state index contributed by atoms with van der Waals surface area (Å²) in [5.41, 5.74) is -1.93. The van der Waals surface area contributed by atoms with Crippen molar-refractivity contribution in [3.63, 3.8) is 0 Å². The molecule has 34 heavy (non-hydrogen) atoms. The van der Waals surface area contributed by atoms with E-state index in [0.29, 0.717) is 5.92 Å². The van der Waals surface area contributed by atoms with Crippen LogP contribution in [0.15, 0.2) is 12.1 Å². The van der Waals surface area contributed by atoms with Crippen LogP contribution in [0.1, 0.15) is 62.7 Å². The monoisotopic (exact) mass is 473 g/mol. The zero-order valence-electron chi connectivity index (χ0n) is 19.6. The van der Waals surface area contributed by atoms with E-state index in [4.69, 9.17) is 4.74 Å². The maximum atomic E-state index is 13.2. The van der Waals surface area contributed by atoms with Gasteiger partial charge in [0.25, 0.3) is 0 Å². The van der Waals surface area contributed by atoms with Gasteiger partial charge in [0.15, 0.2) is 5.75 Å². The van der Waals surface area contributed by atoms with Crippen molar-refractivity contribution in [1.29, 1.82) is 0 Å².